The van der Waals surface area contributed by atoms with Crippen LogP contribution in [0.4, 0.5) is 0 Å². The maximum absolute atomic E-state index is 12.0. The van der Waals surface area contributed by atoms with Gasteiger partial charge in [-0.05, 0) is 31.2 Å². The largest absolute Gasteiger partial charge is 0.355 e. The second-order valence-electron chi connectivity index (χ2n) is 4.54. The number of nitrogens with zero attached hydrogens (tertiary/aromatic N) is 2. The smallest absolute Gasteiger partial charge is 0.238 e. The summed E-state index contributed by atoms with van der Waals surface area (Å²) >= 11 is 0. The number of nitrogens with one attached hydrogen (secondary N) is 2. The highest BCUT2D eigenvalue weighted by Gasteiger charge is 2.27. The van der Waals surface area contributed by atoms with E-state index in [0.717, 1.165) is 26.1 Å². The molecule has 5 heteroatoms. The van der Waals surface area contributed by atoms with E-state index >= 15 is 0 Å². The van der Waals surface area contributed by atoms with E-state index in [9.17, 15) is 4.79 Å². The third kappa shape index (κ3) is 3.27. The Bertz CT molecular complexity index is 382. The molecule has 1 aromatic heterocycles. The molecule has 1 fully saturated rings. The van der Waals surface area contributed by atoms with Gasteiger partial charge in [0, 0.05) is 38.6 Å². The van der Waals surface area contributed by atoms with Crippen molar-refractivity contribution < 1.29 is 4.79 Å². The van der Waals surface area contributed by atoms with E-state index < -0.39 is 0 Å². The summed E-state index contributed by atoms with van der Waals surface area (Å²) in [5, 5.41) is 6.06. The summed E-state index contributed by atoms with van der Waals surface area (Å²) in [5.74, 6) is 0.121. The van der Waals surface area contributed by atoms with E-state index in [1.54, 1.807) is 12.4 Å². The first-order chi connectivity index (χ1) is 8.81. The van der Waals surface area contributed by atoms with Crippen molar-refractivity contribution in [2.24, 2.45) is 0 Å². The van der Waals surface area contributed by atoms with Crippen molar-refractivity contribution in [3.8, 4) is 0 Å². The third-order valence-corrected chi connectivity index (χ3v) is 3.20. The summed E-state index contributed by atoms with van der Waals surface area (Å²) in [6.07, 6.45) is 4.58. The molecular weight excluding hydrogens is 228 g/mol. The second-order valence-corrected chi connectivity index (χ2v) is 4.54. The molecule has 98 valence electrons. The van der Waals surface area contributed by atoms with Crippen LogP contribution in [0.1, 0.15) is 12.0 Å². The molecule has 0 radical (unpaired) electrons. The van der Waals surface area contributed by atoms with Crippen molar-refractivity contribution >= 4 is 5.91 Å². The van der Waals surface area contributed by atoms with Crippen LogP contribution in [0.25, 0.3) is 0 Å². The Kier molecular flexibility index (Phi) is 4.66. The fourth-order valence-corrected chi connectivity index (χ4v) is 2.26. The van der Waals surface area contributed by atoms with Gasteiger partial charge in [-0.3, -0.25) is 14.7 Å². The first-order valence-electron chi connectivity index (χ1n) is 6.36. The zero-order valence-corrected chi connectivity index (χ0v) is 10.7. The summed E-state index contributed by atoms with van der Waals surface area (Å²) < 4.78 is 0. The van der Waals surface area contributed by atoms with Crippen LogP contribution in [0.3, 0.4) is 0 Å². The average molecular weight is 248 g/mol. The number of hydrogen-bond donors (Lipinski definition) is 2. The molecule has 2 N–H and O–H groups in total. The van der Waals surface area contributed by atoms with Crippen LogP contribution in [0, 0.1) is 0 Å². The lowest BCUT2D eigenvalue weighted by atomic mass is 10.2. The van der Waals surface area contributed by atoms with Gasteiger partial charge in [-0.25, -0.2) is 0 Å². The molecule has 0 aliphatic carbocycles. The first kappa shape index (κ1) is 13.0. The standard InChI is InChI=1S/C13H20N4O/c1-14-9-12-13(18)16-5-2-8-17(12)10-11-3-6-15-7-4-11/h3-4,6-7,12,14H,2,5,8-10H2,1H3,(H,16,18). The number of hydrogen-bond acceptors (Lipinski definition) is 4. The maximum Gasteiger partial charge on any atom is 0.238 e. The van der Waals surface area contributed by atoms with Gasteiger partial charge < -0.3 is 10.6 Å². The van der Waals surface area contributed by atoms with Crippen LogP contribution in [-0.4, -0.2) is 48.5 Å². The van der Waals surface area contributed by atoms with Crippen molar-refractivity contribution in [2.45, 2.75) is 19.0 Å². The topological polar surface area (TPSA) is 57.3 Å². The van der Waals surface area contributed by atoms with Crippen molar-refractivity contribution in [3.63, 3.8) is 0 Å². The number of likely N-dealkylation sites (N-methyl/N-ethyl adjacent to an activating group) is 1. The Morgan fingerprint density at radius 3 is 3.00 bits per heavy atom. The van der Waals surface area contributed by atoms with Gasteiger partial charge in [0.15, 0.2) is 0 Å². The minimum absolute atomic E-state index is 0.0920. The molecule has 1 aliphatic rings. The van der Waals surface area contributed by atoms with Crippen LogP contribution in [0.15, 0.2) is 24.5 Å². The molecule has 0 bridgehead atoms. The number of carbonyl (C=O) groups excluding carboxylic acids is 1. The van der Waals surface area contributed by atoms with Crippen LogP contribution in [-0.2, 0) is 11.3 Å². The summed E-state index contributed by atoms with van der Waals surface area (Å²) in [5.41, 5.74) is 1.20. The highest BCUT2D eigenvalue weighted by molar-refractivity contribution is 5.82. The quantitative estimate of drug-likeness (QED) is 0.787. The average Bonchev–Trinajstić information content (AvgIpc) is 2.56. The molecule has 1 aromatic rings. The van der Waals surface area contributed by atoms with Gasteiger partial charge in [0.1, 0.15) is 6.04 Å². The summed E-state index contributed by atoms with van der Waals surface area (Å²) in [4.78, 5) is 18.2. The van der Waals surface area contributed by atoms with Gasteiger partial charge in [0.2, 0.25) is 5.91 Å². The normalized spacial score (nSPS) is 21.4. The van der Waals surface area contributed by atoms with Gasteiger partial charge in [-0.1, -0.05) is 0 Å². The van der Waals surface area contributed by atoms with Gasteiger partial charge >= 0.3 is 0 Å². The zero-order valence-electron chi connectivity index (χ0n) is 10.7. The first-order valence-corrected chi connectivity index (χ1v) is 6.36. The minimum atomic E-state index is -0.0920. The summed E-state index contributed by atoms with van der Waals surface area (Å²) in [7, 11) is 1.88. The monoisotopic (exact) mass is 248 g/mol. The minimum Gasteiger partial charge on any atom is -0.355 e. The SMILES string of the molecule is CNCC1C(=O)NCCCN1Cc1ccncc1. The van der Waals surface area contributed by atoms with Crippen molar-refractivity contribution in [2.75, 3.05) is 26.7 Å². The Morgan fingerprint density at radius 2 is 2.28 bits per heavy atom. The predicted molar refractivity (Wildman–Crippen MR) is 70.0 cm³/mol. The van der Waals surface area contributed by atoms with Crippen LogP contribution in [0.2, 0.25) is 0 Å². The summed E-state index contributed by atoms with van der Waals surface area (Å²) in [6, 6.07) is 3.91. The molecule has 2 rings (SSSR count). The van der Waals surface area contributed by atoms with Crippen LogP contribution < -0.4 is 10.6 Å². The predicted octanol–water partition coefficient (Wildman–Crippen LogP) is -0.00850. The Morgan fingerprint density at radius 1 is 1.50 bits per heavy atom. The van der Waals surface area contributed by atoms with Crippen molar-refractivity contribution in [3.05, 3.63) is 30.1 Å². The molecule has 0 aromatic carbocycles. The fourth-order valence-electron chi connectivity index (χ4n) is 2.26. The van der Waals surface area contributed by atoms with E-state index in [4.69, 9.17) is 0 Å². The molecule has 18 heavy (non-hydrogen) atoms. The molecule has 1 saturated heterocycles. The van der Waals surface area contributed by atoms with E-state index in [-0.39, 0.29) is 11.9 Å². The lowest BCUT2D eigenvalue weighted by molar-refractivity contribution is -0.125. The summed E-state index contributed by atoms with van der Waals surface area (Å²) in [6.45, 7) is 3.18. The molecule has 2 heterocycles. The highest BCUT2D eigenvalue weighted by Crippen LogP contribution is 2.10. The molecule has 1 aliphatic heterocycles. The maximum atomic E-state index is 12.0. The lowest BCUT2D eigenvalue weighted by Crippen LogP contribution is -2.49. The van der Waals surface area contributed by atoms with Gasteiger partial charge in [0.25, 0.3) is 0 Å². The highest BCUT2D eigenvalue weighted by atomic mass is 16.2. The fraction of sp³-hybridized carbons (Fsp3) is 0.538. The zero-order chi connectivity index (χ0) is 12.8. The Balaban J connectivity index is 2.09. The van der Waals surface area contributed by atoms with Crippen molar-refractivity contribution in [1.29, 1.82) is 0 Å². The van der Waals surface area contributed by atoms with Crippen molar-refractivity contribution in [1.82, 2.24) is 20.5 Å². The molecular formula is C13H20N4O. The number of rotatable bonds is 4. The molecule has 1 unspecified atom stereocenters. The molecule has 1 amide bonds. The molecule has 0 saturated carbocycles. The van der Waals surface area contributed by atoms with Gasteiger partial charge in [-0.15, -0.1) is 0 Å². The van der Waals surface area contributed by atoms with Gasteiger partial charge in [-0.2, -0.15) is 0 Å². The Labute approximate surface area is 108 Å². The van der Waals surface area contributed by atoms with E-state index in [0.29, 0.717) is 6.54 Å². The third-order valence-electron chi connectivity index (χ3n) is 3.20. The molecule has 0 spiro atoms. The molecule has 5 nitrogen and oxygen atoms in total. The number of carbonyl (C=O) groups is 1. The number of aromatic nitrogens is 1. The number of pyridine rings is 1. The van der Waals surface area contributed by atoms with Crippen LogP contribution >= 0.6 is 0 Å². The van der Waals surface area contributed by atoms with Crippen LogP contribution in [0.5, 0.6) is 0 Å². The lowest BCUT2D eigenvalue weighted by Gasteiger charge is -2.28. The van der Waals surface area contributed by atoms with Gasteiger partial charge in [0.05, 0.1) is 0 Å². The second kappa shape index (κ2) is 6.47. The van der Waals surface area contributed by atoms with E-state index in [1.807, 2.05) is 19.2 Å². The molecule has 1 atom stereocenters. The van der Waals surface area contributed by atoms with E-state index in [2.05, 4.69) is 20.5 Å². The number of amides is 1. The van der Waals surface area contributed by atoms with E-state index in [1.165, 1.54) is 5.56 Å². The Hall–Kier alpha value is -1.46.